The molecule has 1 aromatic heterocycles. The van der Waals surface area contributed by atoms with Crippen LogP contribution in [0.1, 0.15) is 26.5 Å². The van der Waals surface area contributed by atoms with Crippen molar-refractivity contribution in [3.05, 3.63) is 83.9 Å². The zero-order valence-electron chi connectivity index (χ0n) is 16.7. The first-order valence-corrected chi connectivity index (χ1v) is 11.2. The molecule has 4 rings (SSSR count). The molecule has 1 atom stereocenters. The summed E-state index contributed by atoms with van der Waals surface area (Å²) in [5.74, 6) is -0.772. The van der Waals surface area contributed by atoms with Gasteiger partial charge in [0.15, 0.2) is 15.6 Å². The summed E-state index contributed by atoms with van der Waals surface area (Å²) in [6.07, 6.45) is 4.26. The minimum atomic E-state index is -3.67. The van der Waals surface area contributed by atoms with Gasteiger partial charge in [-0.15, -0.1) is 0 Å². The maximum atomic E-state index is 12.8. The van der Waals surface area contributed by atoms with Gasteiger partial charge in [0.1, 0.15) is 23.4 Å². The van der Waals surface area contributed by atoms with Gasteiger partial charge in [-0.2, -0.15) is 0 Å². The molecule has 1 unspecified atom stereocenters. The summed E-state index contributed by atoms with van der Waals surface area (Å²) in [6.45, 7) is 0.0734. The van der Waals surface area contributed by atoms with Crippen LogP contribution in [-0.2, 0) is 15.6 Å². The summed E-state index contributed by atoms with van der Waals surface area (Å²) < 4.78 is 25.1. The van der Waals surface area contributed by atoms with Gasteiger partial charge >= 0.3 is 0 Å². The molecule has 1 N–H and O–H groups in total. The van der Waals surface area contributed by atoms with Crippen LogP contribution in [0.15, 0.2) is 76.9 Å². The molecule has 0 fully saturated rings. The van der Waals surface area contributed by atoms with Crippen molar-refractivity contribution in [3.8, 4) is 5.75 Å². The average molecular weight is 450 g/mol. The van der Waals surface area contributed by atoms with Crippen LogP contribution >= 0.6 is 0 Å². The molecule has 0 aliphatic carbocycles. The van der Waals surface area contributed by atoms with Crippen LogP contribution in [0.2, 0.25) is 0 Å². The van der Waals surface area contributed by atoms with Crippen molar-refractivity contribution in [3.63, 3.8) is 0 Å². The summed E-state index contributed by atoms with van der Waals surface area (Å²) in [5, 5.41) is 9.35. The number of aliphatic imine (C=N–C) groups is 1. The minimum Gasteiger partial charge on any atom is -0.508 e. The molecule has 1 aliphatic heterocycles. The molecule has 32 heavy (non-hydrogen) atoms. The lowest BCUT2D eigenvalue weighted by Gasteiger charge is -2.14. The van der Waals surface area contributed by atoms with Crippen LogP contribution < -0.4 is 0 Å². The number of amides is 1. The van der Waals surface area contributed by atoms with E-state index in [-0.39, 0.29) is 40.5 Å². The fourth-order valence-corrected chi connectivity index (χ4v) is 4.38. The first-order chi connectivity index (χ1) is 15.3. The highest BCUT2D eigenvalue weighted by atomic mass is 32.2. The van der Waals surface area contributed by atoms with Gasteiger partial charge in [-0.25, -0.2) is 18.4 Å². The van der Waals surface area contributed by atoms with Crippen LogP contribution in [0.5, 0.6) is 5.75 Å². The van der Waals surface area contributed by atoms with Gasteiger partial charge in [0.05, 0.1) is 17.8 Å². The van der Waals surface area contributed by atoms with Gasteiger partial charge in [0.2, 0.25) is 0 Å². The summed E-state index contributed by atoms with van der Waals surface area (Å²) in [5.41, 5.74) is 0.653. The highest BCUT2D eigenvalue weighted by molar-refractivity contribution is 7.90. The fraction of sp³-hybridized carbons (Fsp3) is 0.136. The van der Waals surface area contributed by atoms with E-state index in [2.05, 4.69) is 15.0 Å². The average Bonchev–Trinajstić information content (AvgIpc) is 3.29. The molecule has 1 amide bonds. The summed E-state index contributed by atoms with van der Waals surface area (Å²) in [6, 6.07) is 12.2. The van der Waals surface area contributed by atoms with Crippen LogP contribution in [0, 0.1) is 0 Å². The van der Waals surface area contributed by atoms with Crippen molar-refractivity contribution < 1.29 is 23.1 Å². The van der Waals surface area contributed by atoms with Crippen molar-refractivity contribution in [1.82, 2.24) is 14.9 Å². The molecule has 1 aliphatic rings. The van der Waals surface area contributed by atoms with E-state index < -0.39 is 15.9 Å². The molecular weight excluding hydrogens is 432 g/mol. The Balaban J connectivity index is 1.42. The molecular formula is C22H18N4O5S. The van der Waals surface area contributed by atoms with Gasteiger partial charge in [-0.05, 0) is 42.5 Å². The second-order valence-corrected chi connectivity index (χ2v) is 9.09. The van der Waals surface area contributed by atoms with Gasteiger partial charge in [-0.1, -0.05) is 12.1 Å². The number of hydrogen-bond acceptors (Lipinski definition) is 8. The maximum Gasteiger partial charge on any atom is 0.259 e. The molecule has 2 aromatic carbocycles. The monoisotopic (exact) mass is 450 g/mol. The number of aromatic nitrogens is 2. The van der Waals surface area contributed by atoms with Gasteiger partial charge in [0.25, 0.3) is 5.91 Å². The molecule has 0 bridgehead atoms. The van der Waals surface area contributed by atoms with E-state index in [9.17, 15) is 23.1 Å². The molecule has 0 radical (unpaired) electrons. The first-order valence-electron chi connectivity index (χ1n) is 9.60. The number of rotatable bonds is 6. The smallest absolute Gasteiger partial charge is 0.259 e. The van der Waals surface area contributed by atoms with Crippen LogP contribution in [0.4, 0.5) is 0 Å². The first kappa shape index (κ1) is 21.3. The Morgan fingerprint density at radius 1 is 0.969 bits per heavy atom. The Morgan fingerprint density at radius 3 is 2.25 bits per heavy atom. The third-order valence-electron chi connectivity index (χ3n) is 4.87. The van der Waals surface area contributed by atoms with Gasteiger partial charge < -0.3 is 5.11 Å². The molecule has 0 saturated heterocycles. The van der Waals surface area contributed by atoms with E-state index in [1.165, 1.54) is 72.2 Å². The van der Waals surface area contributed by atoms with Crippen LogP contribution in [-0.4, -0.2) is 59.0 Å². The number of ketones is 1. The van der Waals surface area contributed by atoms with E-state index in [4.69, 9.17) is 0 Å². The van der Waals surface area contributed by atoms with E-state index in [0.29, 0.717) is 11.1 Å². The van der Waals surface area contributed by atoms with Crippen molar-refractivity contribution in [2.45, 2.75) is 16.7 Å². The SMILES string of the molecule is O=C(c1ccc(S(=O)(=O)Cc2ncccn2)cc1)C1CN(C(=O)c2ccc(O)cc2)C=N1. The van der Waals surface area contributed by atoms with E-state index in [1.807, 2.05) is 0 Å². The summed E-state index contributed by atoms with van der Waals surface area (Å²) >= 11 is 0. The molecule has 9 nitrogen and oxygen atoms in total. The lowest BCUT2D eigenvalue weighted by molar-refractivity contribution is 0.0846. The van der Waals surface area contributed by atoms with Crippen molar-refractivity contribution in [2.75, 3.05) is 6.54 Å². The lowest BCUT2D eigenvalue weighted by Crippen LogP contribution is -2.33. The van der Waals surface area contributed by atoms with Crippen LogP contribution in [0.25, 0.3) is 0 Å². The van der Waals surface area contributed by atoms with Crippen molar-refractivity contribution in [1.29, 1.82) is 0 Å². The number of hydrogen-bond donors (Lipinski definition) is 1. The molecule has 10 heteroatoms. The van der Waals surface area contributed by atoms with Gasteiger partial charge in [-0.3, -0.25) is 19.5 Å². The topological polar surface area (TPSA) is 130 Å². The van der Waals surface area contributed by atoms with Gasteiger partial charge in [0, 0.05) is 23.5 Å². The predicted molar refractivity (Wildman–Crippen MR) is 115 cm³/mol. The summed E-state index contributed by atoms with van der Waals surface area (Å²) in [7, 11) is -3.67. The zero-order chi connectivity index (χ0) is 22.7. The fourth-order valence-electron chi connectivity index (χ4n) is 3.17. The molecule has 162 valence electrons. The van der Waals surface area contributed by atoms with E-state index >= 15 is 0 Å². The number of benzene rings is 2. The summed E-state index contributed by atoms with van der Waals surface area (Å²) in [4.78, 5) is 38.7. The number of phenols is 1. The Bertz CT molecular complexity index is 1270. The molecule has 0 spiro atoms. The highest BCUT2D eigenvalue weighted by Crippen LogP contribution is 2.19. The number of carbonyl (C=O) groups excluding carboxylic acids is 2. The standard InChI is InChI=1S/C22H18N4O5S/c27-17-6-2-16(3-7-17)22(29)26-12-19(25-14-26)21(28)15-4-8-18(9-5-15)32(30,31)13-20-23-10-1-11-24-20/h1-11,14,19,27H,12-13H2. The Hall–Kier alpha value is -3.92. The molecule has 2 heterocycles. The number of Topliss-reactive ketones (excluding diaryl/α,β-unsaturated/α-hetero) is 1. The Kier molecular flexibility index (Phi) is 5.78. The third-order valence-corrected chi connectivity index (χ3v) is 6.50. The number of nitrogens with zero attached hydrogens (tertiary/aromatic N) is 4. The lowest BCUT2D eigenvalue weighted by atomic mass is 10.0. The van der Waals surface area contributed by atoms with Crippen LogP contribution in [0.3, 0.4) is 0 Å². The normalized spacial score (nSPS) is 15.6. The zero-order valence-corrected chi connectivity index (χ0v) is 17.5. The highest BCUT2D eigenvalue weighted by Gasteiger charge is 2.29. The largest absolute Gasteiger partial charge is 0.508 e. The number of carbonyl (C=O) groups is 2. The molecule has 3 aromatic rings. The van der Waals surface area contributed by atoms with Crippen molar-refractivity contribution in [2.24, 2.45) is 4.99 Å². The van der Waals surface area contributed by atoms with Crippen molar-refractivity contribution >= 4 is 27.9 Å². The quantitative estimate of drug-likeness (QED) is 0.568. The second kappa shape index (κ2) is 8.67. The Labute approximate surface area is 184 Å². The number of sulfone groups is 1. The predicted octanol–water partition coefficient (Wildman–Crippen LogP) is 1.89. The second-order valence-electron chi connectivity index (χ2n) is 7.10. The number of phenolic OH excluding ortho intramolecular Hbond substituents is 1. The Morgan fingerprint density at radius 2 is 1.59 bits per heavy atom. The number of aromatic hydroxyl groups is 1. The van der Waals surface area contributed by atoms with E-state index in [1.54, 1.807) is 6.07 Å². The maximum absolute atomic E-state index is 12.8. The minimum absolute atomic E-state index is 0.0476. The third kappa shape index (κ3) is 4.54. The van der Waals surface area contributed by atoms with E-state index in [0.717, 1.165) is 0 Å². The molecule has 0 saturated carbocycles.